The van der Waals surface area contributed by atoms with Crippen molar-refractivity contribution in [2.45, 2.75) is 31.0 Å². The lowest BCUT2D eigenvalue weighted by Crippen LogP contribution is -2.47. The Labute approximate surface area is 117 Å². The van der Waals surface area contributed by atoms with Gasteiger partial charge < -0.3 is 10.1 Å². The standard InChI is InChI=1S/C15H20F2N2O/c1-19-4-5-20-14(9-18-13-2-3-13)15(19)10-6-11(16)8-12(17)7-10/h6-8,13-15,18H,2-5,9H2,1H3. The van der Waals surface area contributed by atoms with Gasteiger partial charge in [-0.3, -0.25) is 4.90 Å². The number of nitrogens with zero attached hydrogens (tertiary/aromatic N) is 1. The first kappa shape index (κ1) is 13.9. The SMILES string of the molecule is CN1CCOC(CNC2CC2)C1c1cc(F)cc(F)c1. The van der Waals surface area contributed by atoms with Gasteiger partial charge in [-0.25, -0.2) is 8.78 Å². The van der Waals surface area contributed by atoms with Gasteiger partial charge in [0.25, 0.3) is 0 Å². The second kappa shape index (κ2) is 5.76. The molecule has 2 aliphatic rings. The molecule has 20 heavy (non-hydrogen) atoms. The van der Waals surface area contributed by atoms with Gasteiger partial charge >= 0.3 is 0 Å². The van der Waals surface area contributed by atoms with Crippen LogP contribution in [0.2, 0.25) is 0 Å². The highest BCUT2D eigenvalue weighted by atomic mass is 19.1. The molecule has 1 saturated carbocycles. The lowest BCUT2D eigenvalue weighted by atomic mass is 9.98. The van der Waals surface area contributed by atoms with E-state index in [1.165, 1.54) is 25.0 Å². The van der Waals surface area contributed by atoms with E-state index >= 15 is 0 Å². The molecule has 1 N–H and O–H groups in total. The van der Waals surface area contributed by atoms with E-state index in [0.717, 1.165) is 19.2 Å². The van der Waals surface area contributed by atoms with E-state index in [-0.39, 0.29) is 12.1 Å². The van der Waals surface area contributed by atoms with E-state index in [0.29, 0.717) is 18.2 Å². The second-order valence-corrected chi connectivity index (χ2v) is 5.72. The molecule has 2 fully saturated rings. The molecular weight excluding hydrogens is 262 g/mol. The third kappa shape index (κ3) is 3.16. The number of likely N-dealkylation sites (N-methyl/N-ethyl adjacent to an activating group) is 1. The van der Waals surface area contributed by atoms with Crippen LogP contribution in [-0.2, 0) is 4.74 Å². The molecule has 1 aromatic carbocycles. The maximum absolute atomic E-state index is 13.4. The van der Waals surface area contributed by atoms with Gasteiger partial charge in [0.15, 0.2) is 0 Å². The summed E-state index contributed by atoms with van der Waals surface area (Å²) in [7, 11) is 1.97. The highest BCUT2D eigenvalue weighted by Gasteiger charge is 2.33. The average molecular weight is 282 g/mol. The van der Waals surface area contributed by atoms with Crippen LogP contribution in [0.3, 0.4) is 0 Å². The lowest BCUT2D eigenvalue weighted by Gasteiger charge is -2.39. The fourth-order valence-corrected chi connectivity index (χ4v) is 2.82. The zero-order valence-corrected chi connectivity index (χ0v) is 11.6. The molecule has 1 aromatic rings. The Bertz CT molecular complexity index is 459. The van der Waals surface area contributed by atoms with Gasteiger partial charge in [0, 0.05) is 25.2 Å². The molecule has 0 spiro atoms. The van der Waals surface area contributed by atoms with Crippen molar-refractivity contribution in [3.05, 3.63) is 35.4 Å². The predicted octanol–water partition coefficient (Wildman–Crippen LogP) is 2.09. The Hall–Kier alpha value is -1.04. The normalized spacial score (nSPS) is 27.8. The van der Waals surface area contributed by atoms with Crippen molar-refractivity contribution >= 4 is 0 Å². The molecule has 1 saturated heterocycles. The smallest absolute Gasteiger partial charge is 0.126 e. The number of ether oxygens (including phenoxy) is 1. The number of hydrogen-bond donors (Lipinski definition) is 1. The maximum Gasteiger partial charge on any atom is 0.126 e. The third-order valence-corrected chi connectivity index (χ3v) is 4.01. The molecular formula is C15H20F2N2O. The summed E-state index contributed by atoms with van der Waals surface area (Å²) >= 11 is 0. The van der Waals surface area contributed by atoms with Crippen LogP contribution in [0.5, 0.6) is 0 Å². The molecule has 5 heteroatoms. The van der Waals surface area contributed by atoms with Crippen molar-refractivity contribution in [2.75, 3.05) is 26.7 Å². The third-order valence-electron chi connectivity index (χ3n) is 4.01. The molecule has 2 unspecified atom stereocenters. The van der Waals surface area contributed by atoms with Crippen LogP contribution in [-0.4, -0.2) is 43.8 Å². The molecule has 1 aliphatic heterocycles. The van der Waals surface area contributed by atoms with Gasteiger partial charge in [0.05, 0.1) is 18.8 Å². The Morgan fingerprint density at radius 2 is 1.95 bits per heavy atom. The number of hydrogen-bond acceptors (Lipinski definition) is 3. The van der Waals surface area contributed by atoms with Crippen molar-refractivity contribution in [2.24, 2.45) is 0 Å². The Kier molecular flexibility index (Phi) is 4.01. The van der Waals surface area contributed by atoms with E-state index in [1.54, 1.807) is 0 Å². The van der Waals surface area contributed by atoms with E-state index in [2.05, 4.69) is 10.2 Å². The van der Waals surface area contributed by atoms with Crippen LogP contribution in [0.25, 0.3) is 0 Å². The minimum Gasteiger partial charge on any atom is -0.374 e. The van der Waals surface area contributed by atoms with Crippen LogP contribution < -0.4 is 5.32 Å². The van der Waals surface area contributed by atoms with E-state index in [4.69, 9.17) is 4.74 Å². The molecule has 3 rings (SSSR count). The largest absolute Gasteiger partial charge is 0.374 e. The topological polar surface area (TPSA) is 24.5 Å². The molecule has 1 aliphatic carbocycles. The van der Waals surface area contributed by atoms with Gasteiger partial charge in [-0.1, -0.05) is 0 Å². The Balaban J connectivity index is 1.80. The summed E-state index contributed by atoms with van der Waals surface area (Å²) in [6, 6.07) is 4.20. The fraction of sp³-hybridized carbons (Fsp3) is 0.600. The molecule has 2 atom stereocenters. The molecule has 1 heterocycles. The van der Waals surface area contributed by atoms with Gasteiger partial charge in [-0.05, 0) is 37.6 Å². The van der Waals surface area contributed by atoms with Crippen molar-refractivity contribution in [1.29, 1.82) is 0 Å². The number of morpholine rings is 1. The van der Waals surface area contributed by atoms with Crippen LogP contribution in [0.4, 0.5) is 8.78 Å². The highest BCUT2D eigenvalue weighted by Crippen LogP contribution is 2.30. The summed E-state index contributed by atoms with van der Waals surface area (Å²) in [5.74, 6) is -1.07. The van der Waals surface area contributed by atoms with E-state index < -0.39 is 11.6 Å². The van der Waals surface area contributed by atoms with Crippen LogP contribution in [0, 0.1) is 11.6 Å². The van der Waals surface area contributed by atoms with Gasteiger partial charge in [0.2, 0.25) is 0 Å². The van der Waals surface area contributed by atoms with Gasteiger partial charge in [-0.2, -0.15) is 0 Å². The molecule has 0 aromatic heterocycles. The summed E-state index contributed by atoms with van der Waals surface area (Å²) in [5.41, 5.74) is 0.646. The predicted molar refractivity (Wildman–Crippen MR) is 72.5 cm³/mol. The summed E-state index contributed by atoms with van der Waals surface area (Å²) < 4.78 is 32.7. The van der Waals surface area contributed by atoms with Gasteiger partial charge in [0.1, 0.15) is 11.6 Å². The molecule has 3 nitrogen and oxygen atoms in total. The minimum absolute atomic E-state index is 0.0736. The van der Waals surface area contributed by atoms with Crippen molar-refractivity contribution < 1.29 is 13.5 Å². The zero-order chi connectivity index (χ0) is 14.1. The number of benzene rings is 1. The van der Waals surface area contributed by atoms with Crippen molar-refractivity contribution in [3.8, 4) is 0 Å². The second-order valence-electron chi connectivity index (χ2n) is 5.72. The number of rotatable bonds is 4. The first-order valence-electron chi connectivity index (χ1n) is 7.15. The van der Waals surface area contributed by atoms with Crippen LogP contribution in [0.1, 0.15) is 24.4 Å². The molecule has 110 valence electrons. The summed E-state index contributed by atoms with van der Waals surface area (Å²) in [6.45, 7) is 2.14. The first-order chi connectivity index (χ1) is 9.63. The molecule has 0 amide bonds. The highest BCUT2D eigenvalue weighted by molar-refractivity contribution is 5.23. The first-order valence-corrected chi connectivity index (χ1v) is 7.15. The Morgan fingerprint density at radius 1 is 1.25 bits per heavy atom. The summed E-state index contributed by atoms with van der Waals surface area (Å²) in [5, 5.41) is 3.44. The van der Waals surface area contributed by atoms with Gasteiger partial charge in [-0.15, -0.1) is 0 Å². The van der Waals surface area contributed by atoms with E-state index in [9.17, 15) is 8.78 Å². The fourth-order valence-electron chi connectivity index (χ4n) is 2.82. The van der Waals surface area contributed by atoms with Crippen molar-refractivity contribution in [3.63, 3.8) is 0 Å². The maximum atomic E-state index is 13.4. The van der Waals surface area contributed by atoms with E-state index in [1.807, 2.05) is 7.05 Å². The number of halogens is 2. The summed E-state index contributed by atoms with van der Waals surface area (Å²) in [6.07, 6.45) is 2.35. The molecule has 0 radical (unpaired) electrons. The van der Waals surface area contributed by atoms with Crippen LogP contribution in [0.15, 0.2) is 18.2 Å². The monoisotopic (exact) mass is 282 g/mol. The zero-order valence-electron chi connectivity index (χ0n) is 11.6. The molecule has 0 bridgehead atoms. The minimum atomic E-state index is -0.534. The quantitative estimate of drug-likeness (QED) is 0.915. The average Bonchev–Trinajstić information content (AvgIpc) is 3.19. The van der Waals surface area contributed by atoms with Crippen LogP contribution >= 0.6 is 0 Å². The van der Waals surface area contributed by atoms with Crippen molar-refractivity contribution in [1.82, 2.24) is 10.2 Å². The summed E-state index contributed by atoms with van der Waals surface area (Å²) in [4.78, 5) is 2.11. The number of nitrogens with one attached hydrogen (secondary N) is 1. The lowest BCUT2D eigenvalue weighted by molar-refractivity contribution is -0.0616. The Morgan fingerprint density at radius 3 is 2.60 bits per heavy atom.